The molecule has 1 aromatic heterocycles. The van der Waals surface area contributed by atoms with Crippen LogP contribution in [0, 0.1) is 0 Å². The van der Waals surface area contributed by atoms with Gasteiger partial charge in [-0.15, -0.1) is 11.3 Å². The Kier molecular flexibility index (Phi) is 5.74. The second-order valence-corrected chi connectivity index (χ2v) is 9.54. The van der Waals surface area contributed by atoms with Gasteiger partial charge >= 0.3 is 0 Å². The molecule has 0 bridgehead atoms. The van der Waals surface area contributed by atoms with Crippen LogP contribution in [0.4, 0.5) is 0 Å². The molecule has 2 aliphatic rings. The number of nitrogens with one attached hydrogen (secondary N) is 1. The molecule has 28 heavy (non-hydrogen) atoms. The van der Waals surface area contributed by atoms with Gasteiger partial charge in [0.25, 0.3) is 0 Å². The molecule has 0 radical (unpaired) electrons. The Labute approximate surface area is 171 Å². The van der Waals surface area contributed by atoms with Crippen LogP contribution in [0.2, 0.25) is 0 Å². The molecule has 1 saturated heterocycles. The van der Waals surface area contributed by atoms with E-state index in [1.807, 2.05) is 31.3 Å². The second-order valence-electron chi connectivity index (χ2n) is 8.51. The highest BCUT2D eigenvalue weighted by Crippen LogP contribution is 2.46. The Hall–Kier alpha value is -1.85. The number of likely N-dealkylation sites (tertiary alicyclic amines) is 1. The maximum Gasteiger partial charge on any atom is 0.220 e. The molecular formula is C23H30N2O2S. The zero-order valence-electron chi connectivity index (χ0n) is 16.8. The molecule has 2 aliphatic heterocycles. The first-order chi connectivity index (χ1) is 13.5. The van der Waals surface area contributed by atoms with Gasteiger partial charge in [-0.3, -0.25) is 9.69 Å². The maximum absolute atomic E-state index is 12.5. The smallest absolute Gasteiger partial charge is 0.220 e. The van der Waals surface area contributed by atoms with Crippen molar-refractivity contribution in [1.82, 2.24) is 10.2 Å². The SMILES string of the molecule is CC(C)NC(=O)CC1CC2(CCN(Cc3cccs3)CC2)Oc2ccccc21. The molecule has 150 valence electrons. The van der Waals surface area contributed by atoms with Crippen molar-refractivity contribution in [2.45, 2.75) is 63.6 Å². The van der Waals surface area contributed by atoms with Gasteiger partial charge in [0, 0.05) is 42.9 Å². The van der Waals surface area contributed by atoms with Crippen molar-refractivity contribution in [3.8, 4) is 5.75 Å². The largest absolute Gasteiger partial charge is 0.487 e. The van der Waals surface area contributed by atoms with Gasteiger partial charge in [0.2, 0.25) is 5.91 Å². The quantitative estimate of drug-likeness (QED) is 0.802. The zero-order valence-corrected chi connectivity index (χ0v) is 17.6. The van der Waals surface area contributed by atoms with Crippen LogP contribution < -0.4 is 10.1 Å². The zero-order chi connectivity index (χ0) is 19.6. The van der Waals surface area contributed by atoms with Gasteiger partial charge in [-0.2, -0.15) is 0 Å². The first-order valence-electron chi connectivity index (χ1n) is 10.3. The number of rotatable bonds is 5. The van der Waals surface area contributed by atoms with Crippen molar-refractivity contribution < 1.29 is 9.53 Å². The molecule has 1 N–H and O–H groups in total. The lowest BCUT2D eigenvalue weighted by Gasteiger charge is -2.47. The lowest BCUT2D eigenvalue weighted by atomic mass is 9.76. The Balaban J connectivity index is 1.46. The summed E-state index contributed by atoms with van der Waals surface area (Å²) in [5.41, 5.74) is 1.05. The standard InChI is InChI=1S/C23H30N2O2S/c1-17(2)24-22(26)14-18-15-23(27-21-8-4-3-7-20(18)21)9-11-25(12-10-23)16-19-6-5-13-28-19/h3-8,13,17-18H,9-12,14-16H2,1-2H3,(H,24,26). The first kappa shape index (κ1) is 19.5. The predicted octanol–water partition coefficient (Wildman–Crippen LogP) is 4.56. The Morgan fingerprint density at radius 1 is 1.25 bits per heavy atom. The van der Waals surface area contributed by atoms with Crippen LogP contribution in [-0.2, 0) is 11.3 Å². The number of ether oxygens (including phenoxy) is 1. The third-order valence-corrected chi connectivity index (χ3v) is 6.77. The van der Waals surface area contributed by atoms with Crippen molar-refractivity contribution in [3.05, 3.63) is 52.2 Å². The van der Waals surface area contributed by atoms with Crippen LogP contribution in [0.1, 0.15) is 55.9 Å². The monoisotopic (exact) mass is 398 g/mol. The molecule has 1 unspecified atom stereocenters. The molecule has 1 fully saturated rings. The molecule has 0 aliphatic carbocycles. The summed E-state index contributed by atoms with van der Waals surface area (Å²) in [6.45, 7) is 7.15. The van der Waals surface area contributed by atoms with Gasteiger partial charge in [-0.25, -0.2) is 0 Å². The lowest BCUT2D eigenvalue weighted by molar-refractivity contribution is -0.122. The lowest BCUT2D eigenvalue weighted by Crippen LogP contribution is -2.50. The Morgan fingerprint density at radius 3 is 2.75 bits per heavy atom. The van der Waals surface area contributed by atoms with E-state index >= 15 is 0 Å². The normalized spacial score (nSPS) is 21.3. The van der Waals surface area contributed by atoms with E-state index in [1.165, 1.54) is 10.4 Å². The van der Waals surface area contributed by atoms with Crippen molar-refractivity contribution in [1.29, 1.82) is 0 Å². The minimum absolute atomic E-state index is 0.136. The van der Waals surface area contributed by atoms with E-state index in [2.05, 4.69) is 45.9 Å². The average molecular weight is 399 g/mol. The minimum atomic E-state index is -0.136. The Morgan fingerprint density at radius 2 is 2.04 bits per heavy atom. The number of amides is 1. The fraction of sp³-hybridized carbons (Fsp3) is 0.522. The van der Waals surface area contributed by atoms with E-state index in [9.17, 15) is 4.79 Å². The van der Waals surface area contributed by atoms with Crippen molar-refractivity contribution in [3.63, 3.8) is 0 Å². The number of benzene rings is 1. The van der Waals surface area contributed by atoms with Crippen LogP contribution in [-0.4, -0.2) is 35.5 Å². The molecule has 1 atom stereocenters. The minimum Gasteiger partial charge on any atom is -0.487 e. The van der Waals surface area contributed by atoms with E-state index in [1.54, 1.807) is 0 Å². The van der Waals surface area contributed by atoms with Crippen LogP contribution in [0.25, 0.3) is 0 Å². The summed E-state index contributed by atoms with van der Waals surface area (Å²) in [7, 11) is 0. The van der Waals surface area contributed by atoms with Crippen LogP contribution in [0.15, 0.2) is 41.8 Å². The van der Waals surface area contributed by atoms with E-state index in [-0.39, 0.29) is 23.5 Å². The molecular weight excluding hydrogens is 368 g/mol. The van der Waals surface area contributed by atoms with Crippen LogP contribution in [0.5, 0.6) is 5.75 Å². The van der Waals surface area contributed by atoms with Crippen LogP contribution in [0.3, 0.4) is 0 Å². The molecule has 4 rings (SSSR count). The number of carbonyl (C=O) groups is 1. The van der Waals surface area contributed by atoms with Gasteiger partial charge in [0.05, 0.1) is 0 Å². The summed E-state index contributed by atoms with van der Waals surface area (Å²) in [5.74, 6) is 1.34. The van der Waals surface area contributed by atoms with E-state index in [0.29, 0.717) is 6.42 Å². The topological polar surface area (TPSA) is 41.6 Å². The summed E-state index contributed by atoms with van der Waals surface area (Å²) >= 11 is 1.83. The van der Waals surface area contributed by atoms with Gasteiger partial charge in [-0.1, -0.05) is 24.3 Å². The fourth-order valence-corrected chi connectivity index (χ4v) is 5.33. The van der Waals surface area contributed by atoms with Gasteiger partial charge < -0.3 is 10.1 Å². The van der Waals surface area contributed by atoms with Gasteiger partial charge in [-0.05, 0) is 56.2 Å². The number of hydrogen-bond donors (Lipinski definition) is 1. The number of nitrogens with zero attached hydrogens (tertiary/aromatic N) is 1. The Bertz CT molecular complexity index is 795. The second kappa shape index (κ2) is 8.26. The van der Waals surface area contributed by atoms with Gasteiger partial charge in [0.15, 0.2) is 0 Å². The number of piperidine rings is 1. The highest BCUT2D eigenvalue weighted by molar-refractivity contribution is 7.09. The van der Waals surface area contributed by atoms with E-state index in [0.717, 1.165) is 44.6 Å². The molecule has 4 nitrogen and oxygen atoms in total. The number of para-hydroxylation sites is 1. The molecule has 1 spiro atoms. The van der Waals surface area contributed by atoms with E-state index in [4.69, 9.17) is 4.74 Å². The van der Waals surface area contributed by atoms with E-state index < -0.39 is 0 Å². The highest BCUT2D eigenvalue weighted by atomic mass is 32.1. The first-order valence-corrected chi connectivity index (χ1v) is 11.2. The summed E-state index contributed by atoms with van der Waals surface area (Å²) in [4.78, 5) is 16.4. The molecule has 5 heteroatoms. The number of hydrogen-bond acceptors (Lipinski definition) is 4. The molecule has 2 aromatic rings. The molecule has 3 heterocycles. The fourth-order valence-electron chi connectivity index (χ4n) is 4.58. The van der Waals surface area contributed by atoms with Gasteiger partial charge in [0.1, 0.15) is 11.4 Å². The third-order valence-electron chi connectivity index (χ3n) is 5.91. The summed E-state index contributed by atoms with van der Waals surface area (Å²) in [6, 6.07) is 12.8. The molecule has 0 saturated carbocycles. The summed E-state index contributed by atoms with van der Waals surface area (Å²) in [6.07, 6.45) is 3.52. The van der Waals surface area contributed by atoms with Crippen molar-refractivity contribution >= 4 is 17.2 Å². The maximum atomic E-state index is 12.5. The number of thiophene rings is 1. The van der Waals surface area contributed by atoms with Crippen molar-refractivity contribution in [2.24, 2.45) is 0 Å². The van der Waals surface area contributed by atoms with Crippen molar-refractivity contribution in [2.75, 3.05) is 13.1 Å². The highest BCUT2D eigenvalue weighted by Gasteiger charge is 2.43. The number of carbonyl (C=O) groups excluding carboxylic acids is 1. The molecule has 1 amide bonds. The number of fused-ring (bicyclic) bond motifs is 1. The average Bonchev–Trinajstić information content (AvgIpc) is 3.16. The third kappa shape index (κ3) is 4.41. The summed E-state index contributed by atoms with van der Waals surface area (Å²) < 4.78 is 6.58. The molecule has 1 aromatic carbocycles. The summed E-state index contributed by atoms with van der Waals surface area (Å²) in [5, 5.41) is 5.20. The van der Waals surface area contributed by atoms with Crippen LogP contribution >= 0.6 is 11.3 Å². The predicted molar refractivity (Wildman–Crippen MR) is 114 cm³/mol.